The van der Waals surface area contributed by atoms with E-state index in [9.17, 15) is 4.39 Å². The molecule has 0 radical (unpaired) electrons. The summed E-state index contributed by atoms with van der Waals surface area (Å²) in [5.74, 6) is -0.222. The highest BCUT2D eigenvalue weighted by Gasteiger charge is 2.01. The van der Waals surface area contributed by atoms with Crippen molar-refractivity contribution >= 4 is 26.8 Å². The SMILES string of the molecule is Cc1cc(Br)nc2ccc(F)cc12. The minimum absolute atomic E-state index is 0.222. The van der Waals surface area contributed by atoms with E-state index in [1.54, 1.807) is 6.07 Å². The molecule has 1 aromatic heterocycles. The highest BCUT2D eigenvalue weighted by molar-refractivity contribution is 9.10. The lowest BCUT2D eigenvalue weighted by atomic mass is 10.1. The number of aromatic nitrogens is 1. The van der Waals surface area contributed by atoms with Gasteiger partial charge in [0.1, 0.15) is 10.4 Å². The summed E-state index contributed by atoms with van der Waals surface area (Å²) in [7, 11) is 0. The highest BCUT2D eigenvalue weighted by Crippen LogP contribution is 2.21. The fourth-order valence-electron chi connectivity index (χ4n) is 1.33. The lowest BCUT2D eigenvalue weighted by Crippen LogP contribution is -1.85. The normalized spacial score (nSPS) is 10.7. The molecule has 13 heavy (non-hydrogen) atoms. The number of pyridine rings is 1. The Balaban J connectivity index is 2.87. The predicted octanol–water partition coefficient (Wildman–Crippen LogP) is 3.44. The van der Waals surface area contributed by atoms with Gasteiger partial charge in [0.15, 0.2) is 0 Å². The van der Waals surface area contributed by atoms with Crippen molar-refractivity contribution in [2.24, 2.45) is 0 Å². The van der Waals surface area contributed by atoms with E-state index in [2.05, 4.69) is 20.9 Å². The molecule has 0 amide bonds. The Morgan fingerprint density at radius 2 is 2.08 bits per heavy atom. The number of halogens is 2. The van der Waals surface area contributed by atoms with Crippen LogP contribution in [0.25, 0.3) is 10.9 Å². The van der Waals surface area contributed by atoms with E-state index in [0.717, 1.165) is 21.1 Å². The van der Waals surface area contributed by atoms with Crippen LogP contribution < -0.4 is 0 Å². The van der Waals surface area contributed by atoms with E-state index in [0.29, 0.717) is 0 Å². The third-order valence-electron chi connectivity index (χ3n) is 1.95. The fraction of sp³-hybridized carbons (Fsp3) is 0.100. The average Bonchev–Trinajstić information content (AvgIpc) is 2.06. The lowest BCUT2D eigenvalue weighted by Gasteiger charge is -2.01. The van der Waals surface area contributed by atoms with Gasteiger partial charge in [-0.15, -0.1) is 0 Å². The summed E-state index contributed by atoms with van der Waals surface area (Å²) in [5.41, 5.74) is 1.84. The Bertz CT molecular complexity index is 468. The second kappa shape index (κ2) is 3.07. The molecule has 2 aromatic rings. The molecular weight excluding hydrogens is 233 g/mol. The molecule has 0 spiro atoms. The molecule has 1 nitrogen and oxygen atoms in total. The standard InChI is InChI=1S/C10H7BrFN/c1-6-4-10(11)13-9-3-2-7(12)5-8(6)9/h2-5H,1H3. The average molecular weight is 240 g/mol. The number of rotatable bonds is 0. The molecule has 0 atom stereocenters. The second-order valence-electron chi connectivity index (χ2n) is 2.92. The van der Waals surface area contributed by atoms with Gasteiger partial charge >= 0.3 is 0 Å². The molecule has 1 aromatic carbocycles. The van der Waals surface area contributed by atoms with Crippen LogP contribution in [0.4, 0.5) is 4.39 Å². The maximum atomic E-state index is 12.9. The van der Waals surface area contributed by atoms with E-state index in [1.165, 1.54) is 12.1 Å². The van der Waals surface area contributed by atoms with Crippen LogP contribution in [0, 0.1) is 12.7 Å². The van der Waals surface area contributed by atoms with Crippen LogP contribution in [0.1, 0.15) is 5.56 Å². The Morgan fingerprint density at radius 1 is 1.31 bits per heavy atom. The largest absolute Gasteiger partial charge is 0.241 e. The second-order valence-corrected chi connectivity index (χ2v) is 3.74. The quantitative estimate of drug-likeness (QED) is 0.642. The molecule has 0 aliphatic carbocycles. The smallest absolute Gasteiger partial charge is 0.123 e. The summed E-state index contributed by atoms with van der Waals surface area (Å²) in [6.07, 6.45) is 0. The van der Waals surface area contributed by atoms with Crippen molar-refractivity contribution in [2.75, 3.05) is 0 Å². The van der Waals surface area contributed by atoms with Crippen LogP contribution >= 0.6 is 15.9 Å². The zero-order chi connectivity index (χ0) is 9.42. The van der Waals surface area contributed by atoms with Gasteiger partial charge in [-0.1, -0.05) is 0 Å². The maximum Gasteiger partial charge on any atom is 0.123 e. The van der Waals surface area contributed by atoms with Crippen LogP contribution in [0.5, 0.6) is 0 Å². The monoisotopic (exact) mass is 239 g/mol. The Hall–Kier alpha value is -0.960. The summed E-state index contributed by atoms with van der Waals surface area (Å²) in [5, 5.41) is 0.864. The van der Waals surface area contributed by atoms with Gasteiger partial charge in [-0.2, -0.15) is 0 Å². The highest BCUT2D eigenvalue weighted by atomic mass is 79.9. The summed E-state index contributed by atoms with van der Waals surface area (Å²) in [4.78, 5) is 4.23. The van der Waals surface area contributed by atoms with Crippen LogP contribution in [0.2, 0.25) is 0 Å². The summed E-state index contributed by atoms with van der Waals surface area (Å²) < 4.78 is 13.7. The molecule has 0 unspecified atom stereocenters. The van der Waals surface area contributed by atoms with Gasteiger partial charge in [-0.3, -0.25) is 0 Å². The van der Waals surface area contributed by atoms with Gasteiger partial charge in [0.05, 0.1) is 5.52 Å². The number of benzene rings is 1. The van der Waals surface area contributed by atoms with Crippen LogP contribution in [0.15, 0.2) is 28.9 Å². The fourth-order valence-corrected chi connectivity index (χ4v) is 1.86. The summed E-state index contributed by atoms with van der Waals surface area (Å²) >= 11 is 3.30. The van der Waals surface area contributed by atoms with Crippen molar-refractivity contribution in [2.45, 2.75) is 6.92 Å². The molecule has 66 valence electrons. The molecule has 0 bridgehead atoms. The van der Waals surface area contributed by atoms with E-state index >= 15 is 0 Å². The minimum atomic E-state index is -0.222. The van der Waals surface area contributed by atoms with E-state index < -0.39 is 0 Å². The lowest BCUT2D eigenvalue weighted by molar-refractivity contribution is 0.629. The van der Waals surface area contributed by atoms with Gasteiger partial charge in [0, 0.05) is 5.39 Å². The van der Waals surface area contributed by atoms with Crippen LogP contribution in [-0.4, -0.2) is 4.98 Å². The van der Waals surface area contributed by atoms with Crippen LogP contribution in [-0.2, 0) is 0 Å². The van der Waals surface area contributed by atoms with E-state index in [-0.39, 0.29) is 5.82 Å². The molecule has 0 aliphatic heterocycles. The zero-order valence-electron chi connectivity index (χ0n) is 7.01. The number of fused-ring (bicyclic) bond motifs is 1. The third kappa shape index (κ3) is 1.56. The Labute approximate surface area is 83.7 Å². The molecular formula is C10H7BrFN. The molecule has 0 N–H and O–H groups in total. The van der Waals surface area contributed by atoms with Gasteiger partial charge in [-0.25, -0.2) is 9.37 Å². The summed E-state index contributed by atoms with van der Waals surface area (Å²) in [6.45, 7) is 1.94. The first-order valence-corrected chi connectivity index (χ1v) is 4.68. The molecule has 3 heteroatoms. The number of aryl methyl sites for hydroxylation is 1. The molecule has 0 aliphatic rings. The van der Waals surface area contributed by atoms with Gasteiger partial charge in [-0.05, 0) is 52.7 Å². The zero-order valence-corrected chi connectivity index (χ0v) is 8.60. The summed E-state index contributed by atoms with van der Waals surface area (Å²) in [6, 6.07) is 6.48. The van der Waals surface area contributed by atoms with Gasteiger partial charge in [0.25, 0.3) is 0 Å². The Morgan fingerprint density at radius 3 is 2.85 bits per heavy atom. The number of hydrogen-bond donors (Lipinski definition) is 0. The topological polar surface area (TPSA) is 12.9 Å². The molecule has 0 fully saturated rings. The van der Waals surface area contributed by atoms with Crippen molar-refractivity contribution in [1.29, 1.82) is 0 Å². The molecule has 2 rings (SSSR count). The van der Waals surface area contributed by atoms with Crippen molar-refractivity contribution < 1.29 is 4.39 Å². The molecule has 0 saturated carbocycles. The van der Waals surface area contributed by atoms with E-state index in [1.807, 2.05) is 13.0 Å². The van der Waals surface area contributed by atoms with Crippen molar-refractivity contribution in [3.05, 3.63) is 40.2 Å². The Kier molecular flexibility index (Phi) is 2.04. The van der Waals surface area contributed by atoms with Gasteiger partial charge in [0.2, 0.25) is 0 Å². The van der Waals surface area contributed by atoms with Crippen molar-refractivity contribution in [3.63, 3.8) is 0 Å². The predicted molar refractivity (Wildman–Crippen MR) is 54.1 cm³/mol. The molecule has 0 saturated heterocycles. The van der Waals surface area contributed by atoms with Crippen molar-refractivity contribution in [1.82, 2.24) is 4.98 Å². The number of hydrogen-bond acceptors (Lipinski definition) is 1. The molecule has 1 heterocycles. The minimum Gasteiger partial charge on any atom is -0.241 e. The van der Waals surface area contributed by atoms with Crippen LogP contribution in [0.3, 0.4) is 0 Å². The first kappa shape index (κ1) is 8.63. The maximum absolute atomic E-state index is 12.9. The number of nitrogens with zero attached hydrogens (tertiary/aromatic N) is 1. The first-order valence-electron chi connectivity index (χ1n) is 3.89. The third-order valence-corrected chi connectivity index (χ3v) is 2.35. The first-order chi connectivity index (χ1) is 6.16. The van der Waals surface area contributed by atoms with Crippen molar-refractivity contribution in [3.8, 4) is 0 Å². The van der Waals surface area contributed by atoms with E-state index in [4.69, 9.17) is 0 Å². The van der Waals surface area contributed by atoms with Gasteiger partial charge < -0.3 is 0 Å².